The van der Waals surface area contributed by atoms with Crippen LogP contribution >= 0.6 is 24.8 Å². The summed E-state index contributed by atoms with van der Waals surface area (Å²) < 4.78 is 4.69. The van der Waals surface area contributed by atoms with E-state index < -0.39 is 5.97 Å². The van der Waals surface area contributed by atoms with Crippen molar-refractivity contribution in [3.63, 3.8) is 0 Å². The van der Waals surface area contributed by atoms with E-state index in [2.05, 4.69) is 17.2 Å². The minimum Gasteiger partial charge on any atom is -0.465 e. The molecule has 0 atom stereocenters. The molecule has 0 aliphatic heterocycles. The zero-order valence-corrected chi connectivity index (χ0v) is 14.4. The van der Waals surface area contributed by atoms with E-state index in [1.165, 1.54) is 7.11 Å². The van der Waals surface area contributed by atoms with Crippen molar-refractivity contribution >= 4 is 42.4 Å². The van der Waals surface area contributed by atoms with Crippen molar-refractivity contribution in [2.75, 3.05) is 25.5 Å². The zero-order valence-electron chi connectivity index (χ0n) is 12.8. The fourth-order valence-corrected chi connectivity index (χ4v) is 1.65. The minimum absolute atomic E-state index is 0. The Hall–Kier alpha value is -1.78. The summed E-state index contributed by atoms with van der Waals surface area (Å²) in [7, 11) is 1.30. The fraction of sp³-hybridized carbons (Fsp3) is 0.333. The summed E-state index contributed by atoms with van der Waals surface area (Å²) >= 11 is 0. The zero-order chi connectivity index (χ0) is 15.7. The molecular weight excluding hydrogens is 341 g/mol. The first-order valence-corrected chi connectivity index (χ1v) is 6.53. The van der Waals surface area contributed by atoms with Crippen LogP contribution in [0.3, 0.4) is 0 Å². The van der Waals surface area contributed by atoms with Gasteiger partial charge in [0, 0.05) is 17.7 Å². The maximum atomic E-state index is 11.7. The molecule has 0 aromatic heterocycles. The van der Waals surface area contributed by atoms with Gasteiger partial charge >= 0.3 is 5.97 Å². The van der Waals surface area contributed by atoms with E-state index in [9.17, 15) is 9.59 Å². The normalized spacial score (nSPS) is 8.65. The molecule has 0 bridgehead atoms. The molecule has 1 aromatic carbocycles. The number of methoxy groups -OCH3 is 1. The van der Waals surface area contributed by atoms with Crippen molar-refractivity contribution in [1.82, 2.24) is 0 Å². The molecule has 1 amide bonds. The highest BCUT2D eigenvalue weighted by Crippen LogP contribution is 2.16. The van der Waals surface area contributed by atoms with Gasteiger partial charge in [0.05, 0.1) is 19.2 Å². The van der Waals surface area contributed by atoms with Crippen molar-refractivity contribution in [2.24, 2.45) is 11.5 Å². The first-order valence-electron chi connectivity index (χ1n) is 6.53. The third-order valence-corrected chi connectivity index (χ3v) is 2.64. The standard InChI is InChI=1S/C15H19N3O3.2ClH/c1-21-15(20)13-7-6-12(10-11(13)4-2-8-16)18-14(19)5-3-9-17;;/h6-7,10H,3,5,8-9,16-17H2,1H3,(H,18,19);2*1H. The number of nitrogens with one attached hydrogen (secondary N) is 1. The highest BCUT2D eigenvalue weighted by Gasteiger charge is 2.12. The third kappa shape index (κ3) is 7.86. The summed E-state index contributed by atoms with van der Waals surface area (Å²) in [6.07, 6.45) is 0.963. The number of anilines is 1. The summed E-state index contributed by atoms with van der Waals surface area (Å²) in [4.78, 5) is 23.3. The van der Waals surface area contributed by atoms with Gasteiger partial charge in [0.1, 0.15) is 0 Å². The van der Waals surface area contributed by atoms with E-state index in [1.54, 1.807) is 18.2 Å². The molecule has 0 heterocycles. The molecule has 0 fully saturated rings. The number of nitrogens with two attached hydrogens (primary N) is 2. The summed E-state index contributed by atoms with van der Waals surface area (Å²) in [6.45, 7) is 0.635. The topological polar surface area (TPSA) is 107 Å². The van der Waals surface area contributed by atoms with Crippen LogP contribution in [0, 0.1) is 11.8 Å². The number of benzene rings is 1. The number of carbonyl (C=O) groups excluding carboxylic acids is 2. The number of carbonyl (C=O) groups is 2. The van der Waals surface area contributed by atoms with Gasteiger partial charge < -0.3 is 21.5 Å². The minimum atomic E-state index is -0.489. The van der Waals surface area contributed by atoms with Gasteiger partial charge in [0.15, 0.2) is 0 Å². The third-order valence-electron chi connectivity index (χ3n) is 2.64. The van der Waals surface area contributed by atoms with Crippen molar-refractivity contribution in [1.29, 1.82) is 0 Å². The largest absolute Gasteiger partial charge is 0.465 e. The number of rotatable bonds is 5. The van der Waals surface area contributed by atoms with Gasteiger partial charge in [0.2, 0.25) is 5.91 Å². The highest BCUT2D eigenvalue weighted by molar-refractivity contribution is 5.95. The summed E-state index contributed by atoms with van der Waals surface area (Å²) in [5, 5.41) is 2.73. The van der Waals surface area contributed by atoms with Crippen molar-refractivity contribution < 1.29 is 14.3 Å². The molecule has 0 spiro atoms. The monoisotopic (exact) mass is 361 g/mol. The quantitative estimate of drug-likeness (QED) is 0.541. The van der Waals surface area contributed by atoms with Gasteiger partial charge in [0.25, 0.3) is 0 Å². The molecule has 6 nitrogen and oxygen atoms in total. The molecule has 0 unspecified atom stereocenters. The van der Waals surface area contributed by atoms with Crippen LogP contribution in [0.15, 0.2) is 18.2 Å². The fourth-order valence-electron chi connectivity index (χ4n) is 1.65. The van der Waals surface area contributed by atoms with Gasteiger partial charge in [-0.3, -0.25) is 4.79 Å². The Bertz CT molecular complexity index is 583. The lowest BCUT2D eigenvalue weighted by Gasteiger charge is -2.08. The number of hydrogen-bond donors (Lipinski definition) is 3. The van der Waals surface area contributed by atoms with Crippen molar-refractivity contribution in [3.05, 3.63) is 29.3 Å². The van der Waals surface area contributed by atoms with Crippen LogP contribution in [-0.2, 0) is 9.53 Å². The Balaban J connectivity index is 0. The Kier molecular flexibility index (Phi) is 13.0. The molecule has 1 aromatic rings. The van der Waals surface area contributed by atoms with Crippen LogP contribution in [-0.4, -0.2) is 32.1 Å². The number of halogens is 2. The number of amides is 1. The lowest BCUT2D eigenvalue weighted by Crippen LogP contribution is -2.14. The molecule has 1 rings (SSSR count). The van der Waals surface area contributed by atoms with E-state index in [-0.39, 0.29) is 37.3 Å². The highest BCUT2D eigenvalue weighted by atomic mass is 35.5. The molecule has 5 N–H and O–H groups in total. The summed E-state index contributed by atoms with van der Waals surface area (Å²) in [5.74, 6) is 4.85. The van der Waals surface area contributed by atoms with Gasteiger partial charge in [-0.1, -0.05) is 11.8 Å². The predicted molar refractivity (Wildman–Crippen MR) is 95.1 cm³/mol. The molecular formula is C15H21Cl2N3O3. The Morgan fingerprint density at radius 3 is 2.52 bits per heavy atom. The number of hydrogen-bond acceptors (Lipinski definition) is 5. The average molecular weight is 362 g/mol. The summed E-state index contributed by atoms with van der Waals surface area (Å²) in [5.41, 5.74) is 12.0. The molecule has 0 radical (unpaired) electrons. The van der Waals surface area contributed by atoms with Crippen LogP contribution in [0.2, 0.25) is 0 Å². The summed E-state index contributed by atoms with van der Waals surface area (Å²) in [6, 6.07) is 4.81. The van der Waals surface area contributed by atoms with Crippen LogP contribution in [0.5, 0.6) is 0 Å². The second kappa shape index (κ2) is 12.7. The van der Waals surface area contributed by atoms with E-state index in [4.69, 9.17) is 16.2 Å². The van der Waals surface area contributed by atoms with E-state index in [0.29, 0.717) is 36.2 Å². The van der Waals surface area contributed by atoms with Crippen LogP contribution in [0.4, 0.5) is 5.69 Å². The Labute approximate surface area is 148 Å². The van der Waals surface area contributed by atoms with E-state index in [1.807, 2.05) is 0 Å². The molecule has 0 saturated carbocycles. The van der Waals surface area contributed by atoms with Gasteiger partial charge in [-0.25, -0.2) is 4.79 Å². The van der Waals surface area contributed by atoms with Crippen LogP contribution < -0.4 is 16.8 Å². The molecule has 128 valence electrons. The lowest BCUT2D eigenvalue weighted by atomic mass is 10.1. The van der Waals surface area contributed by atoms with Crippen LogP contribution in [0.25, 0.3) is 0 Å². The first-order chi connectivity index (χ1) is 10.1. The molecule has 23 heavy (non-hydrogen) atoms. The molecule has 0 saturated heterocycles. The van der Waals surface area contributed by atoms with Gasteiger partial charge in [-0.2, -0.15) is 0 Å². The smallest absolute Gasteiger partial charge is 0.339 e. The Morgan fingerprint density at radius 1 is 1.26 bits per heavy atom. The Morgan fingerprint density at radius 2 is 1.96 bits per heavy atom. The maximum absolute atomic E-state index is 11.7. The van der Waals surface area contributed by atoms with Crippen molar-refractivity contribution in [2.45, 2.75) is 12.8 Å². The van der Waals surface area contributed by atoms with Crippen LogP contribution in [0.1, 0.15) is 28.8 Å². The predicted octanol–water partition coefficient (Wildman–Crippen LogP) is 1.30. The second-order valence-corrected chi connectivity index (χ2v) is 4.20. The van der Waals surface area contributed by atoms with Gasteiger partial charge in [-0.15, -0.1) is 24.8 Å². The molecule has 0 aliphatic rings. The average Bonchev–Trinajstić information content (AvgIpc) is 2.50. The lowest BCUT2D eigenvalue weighted by molar-refractivity contribution is -0.116. The maximum Gasteiger partial charge on any atom is 0.339 e. The molecule has 8 heteroatoms. The van der Waals surface area contributed by atoms with Gasteiger partial charge in [-0.05, 0) is 31.2 Å². The number of esters is 1. The first kappa shape index (κ1) is 23.5. The second-order valence-electron chi connectivity index (χ2n) is 4.20. The van der Waals surface area contributed by atoms with E-state index >= 15 is 0 Å². The number of ether oxygens (including phenoxy) is 1. The van der Waals surface area contributed by atoms with E-state index in [0.717, 1.165) is 0 Å². The molecule has 0 aliphatic carbocycles. The van der Waals surface area contributed by atoms with Crippen molar-refractivity contribution in [3.8, 4) is 11.8 Å². The SMILES string of the molecule is COC(=O)c1ccc(NC(=O)CCCN)cc1C#CCN.Cl.Cl.